The van der Waals surface area contributed by atoms with Crippen LogP contribution >= 0.6 is 0 Å². The third-order valence-electron chi connectivity index (χ3n) is 5.18. The summed E-state index contributed by atoms with van der Waals surface area (Å²) in [5.41, 5.74) is 2.18. The molecule has 1 fully saturated rings. The average Bonchev–Trinajstić information content (AvgIpc) is 3.41. The molecular weight excluding hydrogens is 330 g/mol. The maximum atomic E-state index is 13.1. The first-order valence-corrected chi connectivity index (χ1v) is 9.03. The number of nitrogens with zero attached hydrogens (tertiary/aromatic N) is 3. The second-order valence-electron chi connectivity index (χ2n) is 6.86. The summed E-state index contributed by atoms with van der Waals surface area (Å²) in [5.74, 6) is -0.0383. The maximum Gasteiger partial charge on any atom is 0.410 e. The number of methoxy groups -OCH3 is 1. The van der Waals surface area contributed by atoms with Gasteiger partial charge in [-0.2, -0.15) is 0 Å². The Hall–Kier alpha value is -2.76. The van der Waals surface area contributed by atoms with Gasteiger partial charge in [0.15, 0.2) is 0 Å². The summed E-state index contributed by atoms with van der Waals surface area (Å²) >= 11 is 0. The van der Waals surface area contributed by atoms with Crippen molar-refractivity contribution in [3.8, 4) is 0 Å². The molecule has 26 heavy (non-hydrogen) atoms. The minimum Gasteiger partial charge on any atom is -0.453 e. The number of aromatic nitrogens is 1. The molecule has 0 radical (unpaired) electrons. The lowest BCUT2D eigenvalue weighted by Gasteiger charge is -2.38. The molecule has 4 rings (SSSR count). The summed E-state index contributed by atoms with van der Waals surface area (Å²) in [7, 11) is 1.36. The highest BCUT2D eigenvalue weighted by Gasteiger charge is 2.38. The van der Waals surface area contributed by atoms with E-state index in [4.69, 9.17) is 4.74 Å². The molecule has 6 nitrogen and oxygen atoms in total. The van der Waals surface area contributed by atoms with Crippen LogP contribution in [0.5, 0.6) is 0 Å². The van der Waals surface area contributed by atoms with Gasteiger partial charge >= 0.3 is 6.09 Å². The monoisotopic (exact) mass is 353 g/mol. The van der Waals surface area contributed by atoms with Gasteiger partial charge in [-0.1, -0.05) is 30.3 Å². The van der Waals surface area contributed by atoms with Crippen molar-refractivity contribution in [3.63, 3.8) is 0 Å². The number of fused-ring (bicyclic) bond motifs is 1. The van der Waals surface area contributed by atoms with Crippen molar-refractivity contribution in [2.45, 2.75) is 31.5 Å². The molecule has 2 aliphatic rings. The second-order valence-corrected chi connectivity index (χ2v) is 6.86. The number of carbonyl (C=O) groups excluding carboxylic acids is 2. The number of carbonyl (C=O) groups is 2. The van der Waals surface area contributed by atoms with Crippen molar-refractivity contribution < 1.29 is 14.3 Å². The fourth-order valence-corrected chi connectivity index (χ4v) is 3.72. The summed E-state index contributed by atoms with van der Waals surface area (Å²) in [6, 6.07) is 14.1. The zero-order valence-corrected chi connectivity index (χ0v) is 14.9. The van der Waals surface area contributed by atoms with Gasteiger partial charge in [-0.15, -0.1) is 0 Å². The number of ether oxygens (including phenoxy) is 1. The third kappa shape index (κ3) is 3.07. The van der Waals surface area contributed by atoms with Gasteiger partial charge < -0.3 is 14.2 Å². The molecule has 0 bridgehead atoms. The van der Waals surface area contributed by atoms with Crippen LogP contribution in [0.3, 0.4) is 0 Å². The highest BCUT2D eigenvalue weighted by Crippen LogP contribution is 2.33. The van der Waals surface area contributed by atoms with E-state index >= 15 is 0 Å². The van der Waals surface area contributed by atoms with Crippen LogP contribution in [0.25, 0.3) is 0 Å². The number of hydrogen-bond donors (Lipinski definition) is 0. The smallest absolute Gasteiger partial charge is 0.410 e. The molecule has 2 heterocycles. The highest BCUT2D eigenvalue weighted by molar-refractivity contribution is 5.83. The molecule has 1 aromatic heterocycles. The van der Waals surface area contributed by atoms with Crippen LogP contribution in [0.15, 0.2) is 48.7 Å². The Morgan fingerprint density at radius 1 is 1.12 bits per heavy atom. The van der Waals surface area contributed by atoms with E-state index in [9.17, 15) is 9.59 Å². The van der Waals surface area contributed by atoms with Gasteiger partial charge in [0.05, 0.1) is 13.2 Å². The summed E-state index contributed by atoms with van der Waals surface area (Å²) < 4.78 is 7.06. The standard InChI is InChI=1S/C20H23N3O3/c1-26-20(25)23(16-9-10-16)14-18(24)22-13-12-21-11-5-8-17(21)19(22)15-6-3-2-4-7-15/h2-8,11,16,19H,9-10,12-14H2,1H3. The maximum absolute atomic E-state index is 13.1. The van der Waals surface area contributed by atoms with Crippen molar-refractivity contribution in [1.29, 1.82) is 0 Å². The first-order valence-electron chi connectivity index (χ1n) is 9.03. The molecule has 0 saturated heterocycles. The fourth-order valence-electron chi connectivity index (χ4n) is 3.72. The molecule has 2 aromatic rings. The summed E-state index contributed by atoms with van der Waals surface area (Å²) in [6.07, 6.45) is 3.51. The van der Waals surface area contributed by atoms with Gasteiger partial charge in [-0.25, -0.2) is 4.79 Å². The quantitative estimate of drug-likeness (QED) is 0.849. The highest BCUT2D eigenvalue weighted by atomic mass is 16.5. The van der Waals surface area contributed by atoms with Gasteiger partial charge in [0.25, 0.3) is 0 Å². The van der Waals surface area contributed by atoms with Crippen molar-refractivity contribution in [3.05, 3.63) is 59.9 Å². The van der Waals surface area contributed by atoms with Crippen molar-refractivity contribution in [1.82, 2.24) is 14.4 Å². The molecule has 1 aliphatic heterocycles. The summed E-state index contributed by atoms with van der Waals surface area (Å²) in [6.45, 7) is 1.46. The molecule has 1 aromatic carbocycles. The Morgan fingerprint density at radius 3 is 2.58 bits per heavy atom. The molecule has 6 heteroatoms. The first kappa shape index (κ1) is 16.7. The molecular formula is C20H23N3O3. The predicted molar refractivity (Wildman–Crippen MR) is 96.6 cm³/mol. The van der Waals surface area contributed by atoms with E-state index in [1.54, 1.807) is 4.90 Å². The first-order chi connectivity index (χ1) is 12.7. The van der Waals surface area contributed by atoms with E-state index in [2.05, 4.69) is 16.8 Å². The van der Waals surface area contributed by atoms with Crippen molar-refractivity contribution >= 4 is 12.0 Å². The average molecular weight is 353 g/mol. The molecule has 2 amide bonds. The lowest BCUT2D eigenvalue weighted by molar-refractivity contribution is -0.135. The molecule has 1 aliphatic carbocycles. The van der Waals surface area contributed by atoms with Gasteiger partial charge in [0.2, 0.25) is 5.91 Å². The van der Waals surface area contributed by atoms with Gasteiger partial charge in [0, 0.05) is 31.0 Å². The number of benzene rings is 1. The second kappa shape index (κ2) is 6.86. The van der Waals surface area contributed by atoms with Gasteiger partial charge in [-0.3, -0.25) is 9.69 Å². The fraction of sp³-hybridized carbons (Fsp3) is 0.400. The largest absolute Gasteiger partial charge is 0.453 e. The topological polar surface area (TPSA) is 54.8 Å². The molecule has 0 spiro atoms. The van der Waals surface area contributed by atoms with E-state index in [0.717, 1.165) is 30.6 Å². The van der Waals surface area contributed by atoms with Crippen LogP contribution in [0, 0.1) is 0 Å². The van der Waals surface area contributed by atoms with E-state index < -0.39 is 6.09 Å². The number of hydrogen-bond acceptors (Lipinski definition) is 3. The lowest BCUT2D eigenvalue weighted by atomic mass is 10.00. The molecule has 136 valence electrons. The van der Waals surface area contributed by atoms with Crippen molar-refractivity contribution in [2.75, 3.05) is 20.2 Å². The summed E-state index contributed by atoms with van der Waals surface area (Å²) in [4.78, 5) is 28.7. The van der Waals surface area contributed by atoms with E-state index in [0.29, 0.717) is 6.54 Å². The van der Waals surface area contributed by atoms with E-state index in [1.807, 2.05) is 41.3 Å². The molecule has 1 saturated carbocycles. The minimum absolute atomic E-state index is 0.0383. The Balaban J connectivity index is 1.61. The zero-order valence-electron chi connectivity index (χ0n) is 14.9. The Morgan fingerprint density at radius 2 is 1.88 bits per heavy atom. The third-order valence-corrected chi connectivity index (χ3v) is 5.18. The normalized spacial score (nSPS) is 19.0. The predicted octanol–water partition coefficient (Wildman–Crippen LogP) is 2.65. The zero-order chi connectivity index (χ0) is 18.1. The van der Waals surface area contributed by atoms with Crippen LogP contribution in [0.1, 0.15) is 30.1 Å². The van der Waals surface area contributed by atoms with Crippen LogP contribution in [0.4, 0.5) is 4.79 Å². The molecule has 1 unspecified atom stereocenters. The van der Waals surface area contributed by atoms with Gasteiger partial charge in [0.1, 0.15) is 6.54 Å². The molecule has 0 N–H and O–H groups in total. The van der Waals surface area contributed by atoms with Gasteiger partial charge in [-0.05, 0) is 30.5 Å². The molecule has 1 atom stereocenters. The number of amides is 2. The number of rotatable bonds is 4. The van der Waals surface area contributed by atoms with Crippen LogP contribution < -0.4 is 0 Å². The van der Waals surface area contributed by atoms with Crippen LogP contribution in [0.2, 0.25) is 0 Å². The minimum atomic E-state index is -0.419. The SMILES string of the molecule is COC(=O)N(CC(=O)N1CCn2cccc2C1c1ccccc1)C1CC1. The van der Waals surface area contributed by atoms with Crippen molar-refractivity contribution in [2.24, 2.45) is 0 Å². The Bertz CT molecular complexity index is 798. The Kier molecular flexibility index (Phi) is 4.41. The van der Waals surface area contributed by atoms with Crippen LogP contribution in [-0.4, -0.2) is 52.6 Å². The Labute approximate surface area is 153 Å². The summed E-state index contributed by atoms with van der Waals surface area (Å²) in [5, 5.41) is 0. The van der Waals surface area contributed by atoms with Crippen LogP contribution in [-0.2, 0) is 16.1 Å². The lowest BCUT2D eigenvalue weighted by Crippen LogP contribution is -2.48. The van der Waals surface area contributed by atoms with E-state index in [1.165, 1.54) is 7.11 Å². The van der Waals surface area contributed by atoms with E-state index in [-0.39, 0.29) is 24.5 Å².